The highest BCUT2D eigenvalue weighted by Gasteiger charge is 2.34. The molecule has 124 valence electrons. The maximum absolute atomic E-state index is 12.5. The molecule has 1 N–H and O–H groups in total. The summed E-state index contributed by atoms with van der Waals surface area (Å²) in [4.78, 5) is 16.9. The number of nitrogens with one attached hydrogen (secondary N) is 1. The largest absolute Gasteiger partial charge is 0.301 e. The summed E-state index contributed by atoms with van der Waals surface area (Å²) in [5.41, 5.74) is 0.788. The number of aromatic nitrogens is 1. The predicted molar refractivity (Wildman–Crippen MR) is 95.1 cm³/mol. The summed E-state index contributed by atoms with van der Waals surface area (Å²) in [7, 11) is -3.40. The first kappa shape index (κ1) is 16.8. The van der Waals surface area contributed by atoms with E-state index in [0.29, 0.717) is 18.1 Å². The van der Waals surface area contributed by atoms with Gasteiger partial charge in [0.2, 0.25) is 15.9 Å². The molecule has 0 radical (unpaired) electrons. The monoisotopic (exact) mass is 417 g/mol. The molecule has 2 aromatic rings. The standard InChI is InChI=1S/C14H16BrN3O3S2/c1-23(20,21)18-8-3-2-6-10(18)13(19)17-14-16-12-9(15)5-4-7-11(12)22-14/h4-5,7,10H,2-3,6,8H2,1H3,(H,16,17,19). The van der Waals surface area contributed by atoms with Crippen LogP contribution in [0.1, 0.15) is 19.3 Å². The first-order valence-corrected chi connectivity index (χ1v) is 10.6. The van der Waals surface area contributed by atoms with Crippen molar-refractivity contribution in [2.24, 2.45) is 0 Å². The summed E-state index contributed by atoms with van der Waals surface area (Å²) in [5, 5.41) is 3.25. The fourth-order valence-electron chi connectivity index (χ4n) is 2.72. The molecular weight excluding hydrogens is 402 g/mol. The SMILES string of the molecule is CS(=O)(=O)N1CCCCC1C(=O)Nc1nc2c(Br)cccc2s1. The number of thiazole rings is 1. The van der Waals surface area contributed by atoms with Gasteiger partial charge >= 0.3 is 0 Å². The molecule has 1 aromatic heterocycles. The van der Waals surface area contributed by atoms with E-state index in [1.165, 1.54) is 15.6 Å². The lowest BCUT2D eigenvalue weighted by atomic mass is 10.0. The number of benzene rings is 1. The molecule has 1 unspecified atom stereocenters. The van der Waals surface area contributed by atoms with Crippen LogP contribution in [0, 0.1) is 0 Å². The Morgan fingerprint density at radius 2 is 2.22 bits per heavy atom. The Labute approximate surface area is 147 Å². The van der Waals surface area contributed by atoms with E-state index in [-0.39, 0.29) is 5.91 Å². The Bertz CT molecular complexity index is 850. The summed E-state index contributed by atoms with van der Waals surface area (Å²) in [6.07, 6.45) is 3.31. The summed E-state index contributed by atoms with van der Waals surface area (Å²) in [5.74, 6) is -0.315. The lowest BCUT2D eigenvalue weighted by Crippen LogP contribution is -2.49. The van der Waals surface area contributed by atoms with E-state index in [4.69, 9.17) is 0 Å². The van der Waals surface area contributed by atoms with Crippen LogP contribution in [0.3, 0.4) is 0 Å². The number of fused-ring (bicyclic) bond motifs is 1. The highest BCUT2D eigenvalue weighted by atomic mass is 79.9. The molecule has 0 aliphatic carbocycles. The van der Waals surface area contributed by atoms with Crippen LogP contribution >= 0.6 is 27.3 Å². The average Bonchev–Trinajstić information content (AvgIpc) is 2.90. The quantitative estimate of drug-likeness (QED) is 0.832. The van der Waals surface area contributed by atoms with Crippen molar-refractivity contribution in [2.45, 2.75) is 25.3 Å². The van der Waals surface area contributed by atoms with Crippen LogP contribution in [0.5, 0.6) is 0 Å². The molecule has 1 atom stereocenters. The van der Waals surface area contributed by atoms with Crippen molar-refractivity contribution in [2.75, 3.05) is 18.1 Å². The summed E-state index contributed by atoms with van der Waals surface area (Å²) >= 11 is 4.80. The van der Waals surface area contributed by atoms with Crippen LogP contribution in [0.25, 0.3) is 10.2 Å². The third kappa shape index (κ3) is 3.57. The number of carbonyl (C=O) groups is 1. The van der Waals surface area contributed by atoms with Gasteiger partial charge in [0.1, 0.15) is 6.04 Å². The lowest BCUT2D eigenvalue weighted by Gasteiger charge is -2.32. The number of carbonyl (C=O) groups excluding carboxylic acids is 1. The van der Waals surface area contributed by atoms with E-state index >= 15 is 0 Å². The average molecular weight is 418 g/mol. The van der Waals surface area contributed by atoms with Crippen LogP contribution in [-0.4, -0.2) is 42.5 Å². The number of rotatable bonds is 3. The molecule has 23 heavy (non-hydrogen) atoms. The van der Waals surface area contributed by atoms with Gasteiger partial charge in [-0.2, -0.15) is 4.31 Å². The molecule has 1 fully saturated rings. The van der Waals surface area contributed by atoms with E-state index in [1.54, 1.807) is 0 Å². The number of hydrogen-bond donors (Lipinski definition) is 1. The van der Waals surface area contributed by atoms with Gasteiger partial charge in [0.15, 0.2) is 5.13 Å². The van der Waals surface area contributed by atoms with Gasteiger partial charge in [0, 0.05) is 11.0 Å². The Morgan fingerprint density at radius 1 is 1.43 bits per heavy atom. The molecule has 1 aromatic carbocycles. The molecule has 6 nitrogen and oxygen atoms in total. The van der Waals surface area contributed by atoms with Gasteiger partial charge in [-0.25, -0.2) is 13.4 Å². The number of para-hydroxylation sites is 1. The van der Waals surface area contributed by atoms with Gasteiger partial charge in [-0.3, -0.25) is 4.79 Å². The molecular formula is C14H16BrN3O3S2. The fraction of sp³-hybridized carbons (Fsp3) is 0.429. The minimum Gasteiger partial charge on any atom is -0.301 e. The number of anilines is 1. The number of sulfonamides is 1. The zero-order valence-electron chi connectivity index (χ0n) is 12.5. The maximum atomic E-state index is 12.5. The number of nitrogens with zero attached hydrogens (tertiary/aromatic N) is 2. The minimum absolute atomic E-state index is 0.315. The van der Waals surface area contributed by atoms with Crippen molar-refractivity contribution >= 4 is 58.5 Å². The van der Waals surface area contributed by atoms with Crippen LogP contribution in [-0.2, 0) is 14.8 Å². The summed E-state index contributed by atoms with van der Waals surface area (Å²) < 4.78 is 26.8. The summed E-state index contributed by atoms with van der Waals surface area (Å²) in [6.45, 7) is 0.391. The Hall–Kier alpha value is -1.03. The van der Waals surface area contributed by atoms with Gasteiger partial charge < -0.3 is 5.32 Å². The molecule has 0 spiro atoms. The number of halogens is 1. The van der Waals surface area contributed by atoms with E-state index in [1.807, 2.05) is 18.2 Å². The molecule has 0 saturated carbocycles. The third-order valence-corrected chi connectivity index (χ3v) is 6.65. The van der Waals surface area contributed by atoms with E-state index in [9.17, 15) is 13.2 Å². The van der Waals surface area contributed by atoms with Crippen molar-refractivity contribution in [3.05, 3.63) is 22.7 Å². The fourth-order valence-corrected chi connectivity index (χ4v) is 5.33. The van der Waals surface area contributed by atoms with Gasteiger partial charge in [-0.05, 0) is 40.9 Å². The second-order valence-corrected chi connectivity index (χ2v) is 9.30. The minimum atomic E-state index is -3.40. The molecule has 3 rings (SSSR count). The first-order chi connectivity index (χ1) is 10.9. The van der Waals surface area contributed by atoms with Crippen molar-refractivity contribution in [3.8, 4) is 0 Å². The first-order valence-electron chi connectivity index (χ1n) is 7.19. The normalized spacial score (nSPS) is 19.8. The maximum Gasteiger partial charge on any atom is 0.244 e. The van der Waals surface area contributed by atoms with Crippen molar-refractivity contribution in [3.63, 3.8) is 0 Å². The van der Waals surface area contributed by atoms with Crippen LogP contribution < -0.4 is 5.32 Å². The Morgan fingerprint density at radius 3 is 2.91 bits per heavy atom. The molecule has 1 saturated heterocycles. The van der Waals surface area contributed by atoms with Gasteiger partial charge in [0.25, 0.3) is 0 Å². The zero-order valence-corrected chi connectivity index (χ0v) is 15.7. The van der Waals surface area contributed by atoms with E-state index in [0.717, 1.165) is 33.8 Å². The summed E-state index contributed by atoms with van der Waals surface area (Å²) in [6, 6.07) is 5.06. The smallest absolute Gasteiger partial charge is 0.244 e. The van der Waals surface area contributed by atoms with E-state index in [2.05, 4.69) is 26.2 Å². The highest BCUT2D eigenvalue weighted by molar-refractivity contribution is 9.10. The second kappa shape index (κ2) is 6.46. The van der Waals surface area contributed by atoms with Crippen molar-refractivity contribution in [1.82, 2.24) is 9.29 Å². The Kier molecular flexibility index (Phi) is 4.73. The van der Waals surface area contributed by atoms with Gasteiger partial charge in [0.05, 0.1) is 16.5 Å². The number of hydrogen-bond acceptors (Lipinski definition) is 5. The topological polar surface area (TPSA) is 79.4 Å². The van der Waals surface area contributed by atoms with Gasteiger partial charge in [-0.1, -0.05) is 23.8 Å². The molecule has 2 heterocycles. The number of amides is 1. The highest BCUT2D eigenvalue weighted by Crippen LogP contribution is 2.31. The molecule has 9 heteroatoms. The van der Waals surface area contributed by atoms with Gasteiger partial charge in [-0.15, -0.1) is 0 Å². The lowest BCUT2D eigenvalue weighted by molar-refractivity contribution is -0.120. The molecule has 1 amide bonds. The molecule has 1 aliphatic heterocycles. The predicted octanol–water partition coefficient (Wildman–Crippen LogP) is 2.81. The van der Waals surface area contributed by atoms with Crippen molar-refractivity contribution < 1.29 is 13.2 Å². The van der Waals surface area contributed by atoms with Crippen LogP contribution in [0.15, 0.2) is 22.7 Å². The van der Waals surface area contributed by atoms with Crippen molar-refractivity contribution in [1.29, 1.82) is 0 Å². The Balaban J connectivity index is 1.83. The molecule has 0 bridgehead atoms. The molecule has 1 aliphatic rings. The van der Waals surface area contributed by atoms with E-state index < -0.39 is 16.1 Å². The third-order valence-electron chi connectivity index (χ3n) is 3.78. The zero-order chi connectivity index (χ0) is 16.6. The van der Waals surface area contributed by atoms with Crippen LogP contribution in [0.4, 0.5) is 5.13 Å². The second-order valence-electron chi connectivity index (χ2n) is 5.48. The van der Waals surface area contributed by atoms with Crippen LogP contribution in [0.2, 0.25) is 0 Å². The number of piperidine rings is 1.